The molecule has 0 aliphatic carbocycles. The fourth-order valence-electron chi connectivity index (χ4n) is 1.31. The molecular weight excluding hydrogens is 255 g/mol. The minimum atomic E-state index is -0.585. The summed E-state index contributed by atoms with van der Waals surface area (Å²) in [5.74, 6) is -0.267. The maximum Gasteiger partial charge on any atom is 0.327 e. The van der Waals surface area contributed by atoms with Gasteiger partial charge in [0.25, 0.3) is 0 Å². The van der Waals surface area contributed by atoms with Crippen molar-refractivity contribution in [3.8, 4) is 0 Å². The molecule has 6 heteroatoms. The predicted octanol–water partition coefficient (Wildman–Crippen LogP) is 2.42. The molecule has 0 aliphatic heterocycles. The van der Waals surface area contributed by atoms with Crippen LogP contribution < -0.4 is 0 Å². The van der Waals surface area contributed by atoms with E-state index in [2.05, 4.69) is 9.26 Å². The topological polar surface area (TPSA) is 72.8 Å². The van der Waals surface area contributed by atoms with E-state index in [1.807, 2.05) is 6.92 Å². The largest absolute Gasteiger partial charge is 0.469 e. The van der Waals surface area contributed by atoms with Crippen LogP contribution >= 0.6 is 8.69 Å². The number of carbonyl (C=O) groups excluding carboxylic acids is 1. The summed E-state index contributed by atoms with van der Waals surface area (Å²) in [6.45, 7) is 2.10. The number of methoxy groups -OCH3 is 1. The average Bonchev–Trinajstić information content (AvgIpc) is 2.34. The van der Waals surface area contributed by atoms with Gasteiger partial charge in [-0.2, -0.15) is 0 Å². The van der Waals surface area contributed by atoms with Crippen molar-refractivity contribution in [2.75, 3.05) is 13.7 Å². The van der Waals surface area contributed by atoms with Crippen LogP contribution in [0.1, 0.15) is 26.2 Å². The molecule has 102 valence electrons. The van der Waals surface area contributed by atoms with E-state index < -0.39 is 6.10 Å². The van der Waals surface area contributed by atoms with Crippen molar-refractivity contribution in [2.24, 2.45) is 0 Å². The highest BCUT2D eigenvalue weighted by atomic mass is 31.1. The van der Waals surface area contributed by atoms with Crippen molar-refractivity contribution >= 4 is 14.7 Å². The molecule has 0 fully saturated rings. The van der Waals surface area contributed by atoms with E-state index in [1.165, 1.54) is 7.11 Å². The number of ether oxygens (including phenoxy) is 1. The van der Waals surface area contributed by atoms with Gasteiger partial charge in [0, 0.05) is 6.42 Å². The zero-order valence-corrected chi connectivity index (χ0v) is 11.6. The summed E-state index contributed by atoms with van der Waals surface area (Å²) < 4.78 is 19.1. The van der Waals surface area contributed by atoms with E-state index >= 15 is 0 Å². The highest BCUT2D eigenvalue weighted by molar-refractivity contribution is 7.17. The Labute approximate surface area is 109 Å². The van der Waals surface area contributed by atoms with Crippen LogP contribution in [0, 0.1) is 0 Å². The Hall–Kier alpha value is -1.03. The summed E-state index contributed by atoms with van der Waals surface area (Å²) in [5, 5.41) is 9.66. The van der Waals surface area contributed by atoms with E-state index in [0.717, 1.165) is 5.57 Å². The first-order valence-corrected chi connectivity index (χ1v) is 6.37. The molecule has 5 nitrogen and oxygen atoms in total. The molecule has 0 aromatic heterocycles. The third-order valence-corrected chi connectivity index (χ3v) is 2.42. The van der Waals surface area contributed by atoms with Gasteiger partial charge in [-0.15, -0.1) is 0 Å². The van der Waals surface area contributed by atoms with Gasteiger partial charge in [0.05, 0.1) is 19.8 Å². The van der Waals surface area contributed by atoms with Crippen LogP contribution in [0.25, 0.3) is 0 Å². The lowest BCUT2D eigenvalue weighted by Gasteiger charge is -2.05. The molecule has 0 aromatic carbocycles. The first-order valence-electron chi connectivity index (χ1n) is 5.64. The molecule has 0 saturated heterocycles. The van der Waals surface area contributed by atoms with Gasteiger partial charge in [-0.05, 0) is 19.8 Å². The van der Waals surface area contributed by atoms with Gasteiger partial charge in [-0.25, -0.2) is 4.57 Å². The van der Waals surface area contributed by atoms with Crippen molar-refractivity contribution in [1.82, 2.24) is 0 Å². The maximum absolute atomic E-state index is 10.8. The van der Waals surface area contributed by atoms with Gasteiger partial charge in [-0.3, -0.25) is 9.32 Å². The lowest BCUT2D eigenvalue weighted by atomic mass is 10.1. The third kappa shape index (κ3) is 10.1. The van der Waals surface area contributed by atoms with E-state index in [4.69, 9.17) is 0 Å². The Kier molecular flexibility index (Phi) is 10.4. The number of carbonyl (C=O) groups is 1. The van der Waals surface area contributed by atoms with Crippen LogP contribution in [0.15, 0.2) is 23.8 Å². The molecule has 0 aromatic rings. The van der Waals surface area contributed by atoms with Crippen LogP contribution in [0.2, 0.25) is 0 Å². The van der Waals surface area contributed by atoms with Crippen LogP contribution in [0.3, 0.4) is 0 Å². The smallest absolute Gasteiger partial charge is 0.327 e. The predicted molar refractivity (Wildman–Crippen MR) is 68.3 cm³/mol. The molecule has 0 rings (SSSR count). The first-order chi connectivity index (χ1) is 8.60. The molecule has 1 atom stereocenters. The van der Waals surface area contributed by atoms with E-state index in [1.54, 1.807) is 18.2 Å². The number of aliphatic hydroxyl groups excluding tert-OH is 1. The Morgan fingerprint density at radius 2 is 2.22 bits per heavy atom. The van der Waals surface area contributed by atoms with Gasteiger partial charge < -0.3 is 9.84 Å². The number of hydrogen-bond acceptors (Lipinski definition) is 5. The van der Waals surface area contributed by atoms with Crippen molar-refractivity contribution in [3.63, 3.8) is 0 Å². The summed E-state index contributed by atoms with van der Waals surface area (Å²) >= 11 is 0. The molecular formula is C12H19O5P. The molecule has 1 N–H and O–H groups in total. The minimum absolute atomic E-state index is 0.259. The number of hydrogen-bond donors (Lipinski definition) is 1. The highest BCUT2D eigenvalue weighted by Gasteiger charge is 2.04. The maximum atomic E-state index is 10.8. The Balaban J connectivity index is 3.88. The van der Waals surface area contributed by atoms with Crippen LogP contribution in [0.5, 0.6) is 0 Å². The number of esters is 1. The normalized spacial score (nSPS) is 14.1. The van der Waals surface area contributed by atoms with Crippen molar-refractivity contribution in [2.45, 2.75) is 32.3 Å². The summed E-state index contributed by atoms with van der Waals surface area (Å²) in [5.41, 5.74) is 0.881. The quantitative estimate of drug-likeness (QED) is 0.302. The third-order valence-electron chi connectivity index (χ3n) is 2.17. The van der Waals surface area contributed by atoms with Gasteiger partial charge in [0.15, 0.2) is 0 Å². The Bertz CT molecular complexity index is 312. The summed E-state index contributed by atoms with van der Waals surface area (Å²) in [7, 11) is 0.999. The second-order valence-corrected chi connectivity index (χ2v) is 4.13. The minimum Gasteiger partial charge on any atom is -0.469 e. The van der Waals surface area contributed by atoms with Crippen molar-refractivity contribution < 1.29 is 23.7 Å². The molecule has 0 saturated carbocycles. The monoisotopic (exact) mass is 274 g/mol. The van der Waals surface area contributed by atoms with Gasteiger partial charge in [-0.1, -0.05) is 23.8 Å². The Morgan fingerprint density at radius 3 is 2.83 bits per heavy atom. The fraction of sp³-hybridized carbons (Fsp3) is 0.583. The molecule has 18 heavy (non-hydrogen) atoms. The SMILES string of the molecule is COC(=O)CCCC(O)/C=C(C)\C=C\COP=O. The van der Waals surface area contributed by atoms with E-state index in [9.17, 15) is 14.5 Å². The van der Waals surface area contributed by atoms with Gasteiger partial charge in [0.2, 0.25) is 0 Å². The Morgan fingerprint density at radius 1 is 1.50 bits per heavy atom. The lowest BCUT2D eigenvalue weighted by Crippen LogP contribution is -2.06. The standard InChI is InChI=1S/C12H19O5P/c1-10(5-4-8-17-18-15)9-11(13)6-3-7-12(14)16-2/h4-5,9,11,13H,3,6-8H2,1-2H3/b5-4+,10-9-. The van der Waals surface area contributed by atoms with Crippen LogP contribution in [-0.4, -0.2) is 30.9 Å². The molecule has 0 amide bonds. The van der Waals surface area contributed by atoms with Crippen LogP contribution in [-0.2, 0) is 18.6 Å². The molecule has 0 heterocycles. The number of aliphatic hydroxyl groups is 1. The molecule has 0 radical (unpaired) electrons. The molecule has 0 spiro atoms. The van der Waals surface area contributed by atoms with E-state index in [-0.39, 0.29) is 21.3 Å². The van der Waals surface area contributed by atoms with Gasteiger partial charge >= 0.3 is 14.7 Å². The number of rotatable bonds is 9. The second kappa shape index (κ2) is 11.1. The fourth-order valence-corrected chi connectivity index (χ4v) is 1.45. The summed E-state index contributed by atoms with van der Waals surface area (Å²) in [4.78, 5) is 10.8. The molecule has 0 aliphatic rings. The van der Waals surface area contributed by atoms with E-state index in [0.29, 0.717) is 19.3 Å². The second-order valence-electron chi connectivity index (χ2n) is 3.72. The number of allylic oxidation sites excluding steroid dienone is 2. The zero-order chi connectivity index (χ0) is 13.8. The van der Waals surface area contributed by atoms with Crippen molar-refractivity contribution in [3.05, 3.63) is 23.8 Å². The lowest BCUT2D eigenvalue weighted by molar-refractivity contribution is -0.140. The van der Waals surface area contributed by atoms with Crippen LogP contribution in [0.4, 0.5) is 0 Å². The summed E-state index contributed by atoms with van der Waals surface area (Å²) in [6, 6.07) is 0. The zero-order valence-electron chi connectivity index (χ0n) is 10.7. The van der Waals surface area contributed by atoms with Crippen molar-refractivity contribution in [1.29, 1.82) is 0 Å². The average molecular weight is 274 g/mol. The molecule has 1 unspecified atom stereocenters. The highest BCUT2D eigenvalue weighted by Crippen LogP contribution is 2.07. The molecule has 0 bridgehead atoms. The van der Waals surface area contributed by atoms with Gasteiger partial charge in [0.1, 0.15) is 0 Å². The first kappa shape index (κ1) is 17.0. The summed E-state index contributed by atoms with van der Waals surface area (Å²) in [6.07, 6.45) is 6.00.